The molecule has 146 valence electrons. The number of para-hydroxylation sites is 1. The Labute approximate surface area is 160 Å². The second kappa shape index (κ2) is 8.95. The highest BCUT2D eigenvalue weighted by Gasteiger charge is 2.33. The van der Waals surface area contributed by atoms with Crippen molar-refractivity contribution in [2.75, 3.05) is 19.0 Å². The zero-order valence-corrected chi connectivity index (χ0v) is 15.1. The highest BCUT2D eigenvalue weighted by atomic mass is 19.4. The summed E-state index contributed by atoms with van der Waals surface area (Å²) in [6, 6.07) is 11.0. The summed E-state index contributed by atoms with van der Waals surface area (Å²) in [5.41, 5.74) is -1.33. The normalized spacial score (nSPS) is 11.5. The number of hydrogen-bond donors (Lipinski definition) is 1. The number of anilines is 1. The lowest BCUT2D eigenvalue weighted by atomic mass is 10.1. The predicted molar refractivity (Wildman–Crippen MR) is 97.8 cm³/mol. The minimum atomic E-state index is -4.64. The number of rotatable bonds is 6. The van der Waals surface area contributed by atoms with E-state index < -0.39 is 23.3 Å². The maximum absolute atomic E-state index is 13.1. The molecular weight excluding hydrogens is 373 g/mol. The van der Waals surface area contributed by atoms with Crippen molar-refractivity contribution in [3.8, 4) is 17.6 Å². The number of benzene rings is 2. The zero-order chi connectivity index (χ0) is 20.7. The highest BCUT2D eigenvalue weighted by molar-refractivity contribution is 6.10. The molecule has 0 atom stereocenters. The van der Waals surface area contributed by atoms with Gasteiger partial charge in [-0.3, -0.25) is 4.79 Å². The molecule has 0 bridgehead atoms. The lowest BCUT2D eigenvalue weighted by Crippen LogP contribution is -2.17. The number of nitrogens with one attached hydrogen (secondary N) is 1. The van der Waals surface area contributed by atoms with Crippen LogP contribution in [0.5, 0.6) is 11.5 Å². The molecule has 0 radical (unpaired) electrons. The molecule has 0 heterocycles. The summed E-state index contributed by atoms with van der Waals surface area (Å²) >= 11 is 0. The van der Waals surface area contributed by atoms with Gasteiger partial charge < -0.3 is 14.8 Å². The summed E-state index contributed by atoms with van der Waals surface area (Å²) in [4.78, 5) is 12.3. The van der Waals surface area contributed by atoms with E-state index in [1.807, 2.05) is 6.92 Å². The van der Waals surface area contributed by atoms with Crippen LogP contribution in [-0.2, 0) is 11.0 Å². The van der Waals surface area contributed by atoms with Crippen LogP contribution >= 0.6 is 0 Å². The van der Waals surface area contributed by atoms with Crippen molar-refractivity contribution in [2.24, 2.45) is 0 Å². The maximum Gasteiger partial charge on any atom is 0.418 e. The van der Waals surface area contributed by atoms with E-state index in [1.165, 1.54) is 25.3 Å². The topological polar surface area (TPSA) is 71.3 Å². The van der Waals surface area contributed by atoms with Crippen LogP contribution in [-0.4, -0.2) is 19.6 Å². The largest absolute Gasteiger partial charge is 0.493 e. The Balaban J connectivity index is 2.31. The fourth-order valence-corrected chi connectivity index (χ4v) is 2.39. The van der Waals surface area contributed by atoms with Crippen molar-refractivity contribution in [1.82, 2.24) is 0 Å². The van der Waals surface area contributed by atoms with E-state index in [1.54, 1.807) is 24.3 Å². The van der Waals surface area contributed by atoms with Crippen molar-refractivity contribution in [2.45, 2.75) is 13.1 Å². The van der Waals surface area contributed by atoms with Crippen molar-refractivity contribution in [3.05, 3.63) is 59.2 Å². The summed E-state index contributed by atoms with van der Waals surface area (Å²) in [6.07, 6.45) is -3.38. The first-order valence-electron chi connectivity index (χ1n) is 8.20. The van der Waals surface area contributed by atoms with Gasteiger partial charge in [0.1, 0.15) is 11.6 Å². The molecule has 0 aliphatic heterocycles. The van der Waals surface area contributed by atoms with Crippen molar-refractivity contribution < 1.29 is 27.4 Å². The van der Waals surface area contributed by atoms with Gasteiger partial charge in [0.25, 0.3) is 5.91 Å². The Morgan fingerprint density at radius 2 is 1.93 bits per heavy atom. The van der Waals surface area contributed by atoms with Crippen LogP contribution in [0.2, 0.25) is 0 Å². The smallest absolute Gasteiger partial charge is 0.418 e. The van der Waals surface area contributed by atoms with Gasteiger partial charge in [-0.2, -0.15) is 18.4 Å². The third kappa shape index (κ3) is 5.04. The first-order valence-corrected chi connectivity index (χ1v) is 8.20. The monoisotopic (exact) mass is 390 g/mol. The van der Waals surface area contributed by atoms with Crippen LogP contribution in [0.1, 0.15) is 18.1 Å². The van der Waals surface area contributed by atoms with Gasteiger partial charge in [0.05, 0.1) is 25.0 Å². The van der Waals surface area contributed by atoms with Crippen molar-refractivity contribution in [1.29, 1.82) is 5.26 Å². The predicted octanol–water partition coefficient (Wildman–Crippen LogP) is 4.66. The molecule has 0 fully saturated rings. The van der Waals surface area contributed by atoms with Crippen LogP contribution in [0.25, 0.3) is 6.08 Å². The number of ether oxygens (including phenoxy) is 2. The van der Waals surface area contributed by atoms with Gasteiger partial charge in [0.15, 0.2) is 11.5 Å². The van der Waals surface area contributed by atoms with Crippen LogP contribution < -0.4 is 14.8 Å². The quantitative estimate of drug-likeness (QED) is 0.575. The molecule has 0 spiro atoms. The summed E-state index contributed by atoms with van der Waals surface area (Å²) in [7, 11) is 1.44. The Morgan fingerprint density at radius 3 is 2.54 bits per heavy atom. The molecule has 5 nitrogen and oxygen atoms in total. The number of methoxy groups -OCH3 is 1. The molecule has 0 saturated heterocycles. The third-order valence-corrected chi connectivity index (χ3v) is 3.64. The summed E-state index contributed by atoms with van der Waals surface area (Å²) in [5.74, 6) is -0.0630. The zero-order valence-electron chi connectivity index (χ0n) is 15.1. The number of hydrogen-bond acceptors (Lipinski definition) is 4. The van der Waals surface area contributed by atoms with Crippen LogP contribution in [0.3, 0.4) is 0 Å². The molecule has 0 saturated carbocycles. The van der Waals surface area contributed by atoms with E-state index in [-0.39, 0.29) is 5.57 Å². The number of alkyl halides is 3. The van der Waals surface area contributed by atoms with E-state index >= 15 is 0 Å². The van der Waals surface area contributed by atoms with E-state index in [0.717, 1.165) is 12.1 Å². The average molecular weight is 390 g/mol. The van der Waals surface area contributed by atoms with Gasteiger partial charge in [0, 0.05) is 0 Å². The molecule has 1 N–H and O–H groups in total. The number of carbonyl (C=O) groups excluding carboxylic acids is 1. The molecule has 0 aliphatic rings. The van der Waals surface area contributed by atoms with Gasteiger partial charge in [-0.25, -0.2) is 0 Å². The van der Waals surface area contributed by atoms with Gasteiger partial charge in [-0.15, -0.1) is 0 Å². The molecule has 0 aliphatic carbocycles. The Hall–Kier alpha value is -3.47. The summed E-state index contributed by atoms with van der Waals surface area (Å²) in [6.45, 7) is 2.24. The number of amides is 1. The molecule has 0 unspecified atom stereocenters. The minimum Gasteiger partial charge on any atom is -0.493 e. The summed E-state index contributed by atoms with van der Waals surface area (Å²) < 4.78 is 49.8. The Morgan fingerprint density at radius 1 is 1.21 bits per heavy atom. The van der Waals surface area contributed by atoms with E-state index in [9.17, 15) is 23.2 Å². The third-order valence-electron chi connectivity index (χ3n) is 3.64. The molecule has 28 heavy (non-hydrogen) atoms. The Bertz CT molecular complexity index is 931. The van der Waals surface area contributed by atoms with Gasteiger partial charge in [-0.05, 0) is 42.8 Å². The second-order valence-corrected chi connectivity index (χ2v) is 5.51. The highest BCUT2D eigenvalue weighted by Crippen LogP contribution is 2.35. The number of nitrogens with zero attached hydrogens (tertiary/aromatic N) is 1. The molecule has 2 aromatic carbocycles. The first kappa shape index (κ1) is 20.8. The molecule has 1 amide bonds. The fourth-order valence-electron chi connectivity index (χ4n) is 2.39. The van der Waals surface area contributed by atoms with Gasteiger partial charge >= 0.3 is 6.18 Å². The standard InChI is InChI=1S/C20H17F3N2O3/c1-3-28-17-9-8-13(11-18(17)27-2)10-14(12-24)19(26)25-16-7-5-4-6-15(16)20(21,22)23/h4-11H,3H2,1-2H3,(H,25,26). The fraction of sp³-hybridized carbons (Fsp3) is 0.200. The van der Waals surface area contributed by atoms with E-state index in [4.69, 9.17) is 9.47 Å². The van der Waals surface area contributed by atoms with Gasteiger partial charge in [-0.1, -0.05) is 18.2 Å². The number of nitriles is 1. The average Bonchev–Trinajstić information content (AvgIpc) is 2.66. The SMILES string of the molecule is CCOc1ccc(C=C(C#N)C(=O)Nc2ccccc2C(F)(F)F)cc1OC. The Kier molecular flexibility index (Phi) is 6.66. The first-order chi connectivity index (χ1) is 13.3. The van der Waals surface area contributed by atoms with Crippen LogP contribution in [0.15, 0.2) is 48.0 Å². The van der Waals surface area contributed by atoms with Gasteiger partial charge in [0.2, 0.25) is 0 Å². The maximum atomic E-state index is 13.1. The van der Waals surface area contributed by atoms with Crippen LogP contribution in [0, 0.1) is 11.3 Å². The lowest BCUT2D eigenvalue weighted by Gasteiger charge is -2.13. The summed E-state index contributed by atoms with van der Waals surface area (Å²) in [5, 5.41) is 11.4. The van der Waals surface area contributed by atoms with Crippen LogP contribution in [0.4, 0.5) is 18.9 Å². The van der Waals surface area contributed by atoms with E-state index in [0.29, 0.717) is 23.7 Å². The molecule has 2 aromatic rings. The molecule has 0 aromatic heterocycles. The number of halogens is 3. The van der Waals surface area contributed by atoms with Crippen molar-refractivity contribution >= 4 is 17.7 Å². The van der Waals surface area contributed by atoms with Crippen molar-refractivity contribution in [3.63, 3.8) is 0 Å². The molecule has 8 heteroatoms. The minimum absolute atomic E-state index is 0.358. The van der Waals surface area contributed by atoms with E-state index in [2.05, 4.69) is 5.32 Å². The molecule has 2 rings (SSSR count). The lowest BCUT2D eigenvalue weighted by molar-refractivity contribution is -0.137. The number of carbonyl (C=O) groups is 1. The second-order valence-electron chi connectivity index (χ2n) is 5.51. The molecular formula is C20H17F3N2O3.